The summed E-state index contributed by atoms with van der Waals surface area (Å²) in [7, 11) is 0. The van der Waals surface area contributed by atoms with Crippen LogP contribution in [0.15, 0.2) is 48.8 Å². The van der Waals surface area contributed by atoms with Crippen molar-refractivity contribution < 1.29 is 30.3 Å². The summed E-state index contributed by atoms with van der Waals surface area (Å²) in [5.41, 5.74) is 0.0914. The number of rotatable bonds is 2. The smallest absolute Gasteiger partial charge is 0.179 e. The fraction of sp³-hybridized carbons (Fsp3) is 0.0833. The fourth-order valence-electron chi connectivity index (χ4n) is 1.41. The summed E-state index contributed by atoms with van der Waals surface area (Å²) < 4.78 is 28.3. The van der Waals surface area contributed by atoms with Crippen LogP contribution in [-0.4, -0.2) is 0 Å². The molecule has 16 heavy (non-hydrogen) atoms. The van der Waals surface area contributed by atoms with Gasteiger partial charge in [0.1, 0.15) is 11.6 Å². The first-order chi connectivity index (χ1) is 7.27. The number of hydrogen-bond donors (Lipinski definition) is 0. The van der Waals surface area contributed by atoms with Gasteiger partial charge < -0.3 is 17.0 Å². The van der Waals surface area contributed by atoms with Crippen LogP contribution in [-0.2, 0) is 6.54 Å². The van der Waals surface area contributed by atoms with E-state index in [-0.39, 0.29) is 29.1 Å². The van der Waals surface area contributed by atoms with E-state index in [2.05, 4.69) is 0 Å². The van der Waals surface area contributed by atoms with E-state index in [0.29, 0.717) is 0 Å². The van der Waals surface area contributed by atoms with Crippen LogP contribution in [0.3, 0.4) is 0 Å². The molecule has 2 rings (SSSR count). The lowest BCUT2D eigenvalue weighted by Crippen LogP contribution is -3.00. The SMILES string of the molecule is Fc1cccc(F)c1C[n+]1ccccc1.[Br-]. The molecule has 0 fully saturated rings. The van der Waals surface area contributed by atoms with E-state index in [4.69, 9.17) is 0 Å². The number of halogens is 3. The van der Waals surface area contributed by atoms with Gasteiger partial charge in [-0.1, -0.05) is 12.1 Å². The second-order valence-corrected chi connectivity index (χ2v) is 3.25. The van der Waals surface area contributed by atoms with Crippen LogP contribution in [0, 0.1) is 11.6 Å². The van der Waals surface area contributed by atoms with E-state index in [0.717, 1.165) is 0 Å². The van der Waals surface area contributed by atoms with Crippen molar-refractivity contribution in [2.45, 2.75) is 6.54 Å². The zero-order valence-corrected chi connectivity index (χ0v) is 9.99. The van der Waals surface area contributed by atoms with Gasteiger partial charge in [-0.3, -0.25) is 0 Å². The summed E-state index contributed by atoms with van der Waals surface area (Å²) in [6, 6.07) is 9.39. The van der Waals surface area contributed by atoms with E-state index in [9.17, 15) is 8.78 Å². The van der Waals surface area contributed by atoms with Gasteiger partial charge in [0.25, 0.3) is 0 Å². The van der Waals surface area contributed by atoms with Gasteiger partial charge in [-0.15, -0.1) is 0 Å². The average molecular weight is 286 g/mol. The van der Waals surface area contributed by atoms with E-state index in [1.807, 2.05) is 18.2 Å². The monoisotopic (exact) mass is 285 g/mol. The van der Waals surface area contributed by atoms with E-state index in [1.54, 1.807) is 17.0 Å². The topological polar surface area (TPSA) is 3.88 Å². The molecule has 0 radical (unpaired) electrons. The second-order valence-electron chi connectivity index (χ2n) is 3.25. The first-order valence-electron chi connectivity index (χ1n) is 4.64. The Balaban J connectivity index is 0.00000128. The van der Waals surface area contributed by atoms with Crippen molar-refractivity contribution in [3.63, 3.8) is 0 Å². The molecule has 0 saturated heterocycles. The van der Waals surface area contributed by atoms with Crippen molar-refractivity contribution in [2.75, 3.05) is 0 Å². The van der Waals surface area contributed by atoms with Gasteiger partial charge in [0.15, 0.2) is 18.9 Å². The van der Waals surface area contributed by atoms with Gasteiger partial charge in [-0.25, -0.2) is 13.3 Å². The Morgan fingerprint density at radius 3 is 2.00 bits per heavy atom. The van der Waals surface area contributed by atoms with Gasteiger partial charge in [0, 0.05) is 12.1 Å². The van der Waals surface area contributed by atoms with Crippen molar-refractivity contribution in [2.24, 2.45) is 0 Å². The molecule has 0 aliphatic carbocycles. The molecule has 0 N–H and O–H groups in total. The standard InChI is InChI=1S/C12H10F2N.BrH/c13-11-5-4-6-12(14)10(11)9-15-7-2-1-3-8-15;/h1-8H,9H2;1H/q+1;/p-1. The molecule has 4 heteroatoms. The second kappa shape index (κ2) is 5.70. The zero-order chi connectivity index (χ0) is 10.7. The molecule has 84 valence electrons. The molecule has 0 aliphatic heterocycles. The fourth-order valence-corrected chi connectivity index (χ4v) is 1.41. The van der Waals surface area contributed by atoms with Crippen molar-refractivity contribution in [3.05, 3.63) is 66.0 Å². The molecule has 1 aromatic carbocycles. The van der Waals surface area contributed by atoms with Gasteiger partial charge in [0.05, 0.1) is 5.56 Å². The average Bonchev–Trinajstić information content (AvgIpc) is 2.25. The minimum Gasteiger partial charge on any atom is -1.00 e. The molecule has 1 aromatic heterocycles. The largest absolute Gasteiger partial charge is 1.00 e. The third kappa shape index (κ3) is 2.85. The molecule has 1 heterocycles. The maximum absolute atomic E-state index is 13.3. The highest BCUT2D eigenvalue weighted by Crippen LogP contribution is 2.10. The van der Waals surface area contributed by atoms with Crippen LogP contribution in [0.1, 0.15) is 5.56 Å². The molecule has 0 unspecified atom stereocenters. The maximum Gasteiger partial charge on any atom is 0.179 e. The van der Waals surface area contributed by atoms with Crippen molar-refractivity contribution in [3.8, 4) is 0 Å². The zero-order valence-electron chi connectivity index (χ0n) is 8.41. The van der Waals surface area contributed by atoms with Crippen molar-refractivity contribution >= 4 is 0 Å². The highest BCUT2D eigenvalue weighted by atomic mass is 79.9. The highest BCUT2D eigenvalue weighted by molar-refractivity contribution is 5.18. The first-order valence-corrected chi connectivity index (χ1v) is 4.64. The van der Waals surface area contributed by atoms with E-state index >= 15 is 0 Å². The minimum atomic E-state index is -0.508. The predicted octanol–water partition coefficient (Wildman–Crippen LogP) is -0.695. The number of hydrogen-bond acceptors (Lipinski definition) is 0. The number of nitrogens with zero attached hydrogens (tertiary/aromatic N) is 1. The van der Waals surface area contributed by atoms with Crippen LogP contribution in [0.2, 0.25) is 0 Å². The quantitative estimate of drug-likeness (QED) is 0.643. The Morgan fingerprint density at radius 2 is 1.44 bits per heavy atom. The lowest BCUT2D eigenvalue weighted by molar-refractivity contribution is -0.688. The van der Waals surface area contributed by atoms with Gasteiger partial charge in [0.2, 0.25) is 0 Å². The summed E-state index contributed by atoms with van der Waals surface area (Å²) in [5, 5.41) is 0. The molecule has 0 spiro atoms. The summed E-state index contributed by atoms with van der Waals surface area (Å²) >= 11 is 0. The summed E-state index contributed by atoms with van der Waals surface area (Å²) in [5.74, 6) is -1.02. The molecular weight excluding hydrogens is 276 g/mol. The Bertz CT molecular complexity index is 440. The number of benzene rings is 1. The van der Waals surface area contributed by atoms with Gasteiger partial charge in [-0.2, -0.15) is 0 Å². The molecule has 0 saturated carbocycles. The third-order valence-corrected chi connectivity index (χ3v) is 2.18. The molecule has 2 aromatic rings. The first kappa shape index (κ1) is 12.8. The Hall–Kier alpha value is -1.29. The van der Waals surface area contributed by atoms with Crippen LogP contribution < -0.4 is 21.5 Å². The lowest BCUT2D eigenvalue weighted by Gasteiger charge is -2.00. The normalized spacial score (nSPS) is 9.62. The third-order valence-electron chi connectivity index (χ3n) is 2.18. The molecular formula is C12H10BrF2N. The van der Waals surface area contributed by atoms with Crippen LogP contribution >= 0.6 is 0 Å². The predicted molar refractivity (Wildman–Crippen MR) is 52.1 cm³/mol. The minimum absolute atomic E-state index is 0. The summed E-state index contributed by atoms with van der Waals surface area (Å²) in [6.07, 6.45) is 3.54. The van der Waals surface area contributed by atoms with Crippen LogP contribution in [0.5, 0.6) is 0 Å². The van der Waals surface area contributed by atoms with Gasteiger partial charge in [-0.05, 0) is 12.1 Å². The number of pyridine rings is 1. The highest BCUT2D eigenvalue weighted by Gasteiger charge is 2.12. The van der Waals surface area contributed by atoms with Crippen LogP contribution in [0.4, 0.5) is 8.78 Å². The van der Waals surface area contributed by atoms with Crippen molar-refractivity contribution in [1.82, 2.24) is 0 Å². The summed E-state index contributed by atoms with van der Waals surface area (Å²) in [4.78, 5) is 0. The van der Waals surface area contributed by atoms with E-state index < -0.39 is 11.6 Å². The molecule has 0 atom stereocenters. The maximum atomic E-state index is 13.3. The Kier molecular flexibility index (Phi) is 4.55. The van der Waals surface area contributed by atoms with Crippen molar-refractivity contribution in [1.29, 1.82) is 0 Å². The summed E-state index contributed by atoms with van der Waals surface area (Å²) in [6.45, 7) is 0.208. The lowest BCUT2D eigenvalue weighted by atomic mass is 10.2. The molecule has 0 bridgehead atoms. The Morgan fingerprint density at radius 1 is 0.875 bits per heavy atom. The number of aromatic nitrogens is 1. The van der Waals surface area contributed by atoms with Crippen LogP contribution in [0.25, 0.3) is 0 Å². The van der Waals surface area contributed by atoms with E-state index in [1.165, 1.54) is 18.2 Å². The molecule has 0 aliphatic rings. The van der Waals surface area contributed by atoms with Gasteiger partial charge >= 0.3 is 0 Å². The molecule has 0 amide bonds. The Labute approximate surface area is 103 Å². The molecule has 1 nitrogen and oxygen atoms in total.